The lowest BCUT2D eigenvalue weighted by atomic mass is 10.0. The summed E-state index contributed by atoms with van der Waals surface area (Å²) < 4.78 is 18.7. The summed E-state index contributed by atoms with van der Waals surface area (Å²) in [5.74, 6) is -1.88. The number of aliphatic imine (C=N–C) groups is 1. The van der Waals surface area contributed by atoms with Gasteiger partial charge in [-0.2, -0.15) is 0 Å². The normalized spacial score (nSPS) is 12.3. The maximum Gasteiger partial charge on any atom is 0.314 e. The van der Waals surface area contributed by atoms with Crippen LogP contribution < -0.4 is 0 Å². The summed E-state index contributed by atoms with van der Waals surface area (Å²) in [5, 5.41) is -0.266. The van der Waals surface area contributed by atoms with E-state index < -0.39 is 17.7 Å². The summed E-state index contributed by atoms with van der Waals surface area (Å²) in [6.07, 6.45) is 1.57. The van der Waals surface area contributed by atoms with Crippen molar-refractivity contribution in [1.82, 2.24) is 4.98 Å². The number of benzene rings is 1. The number of aromatic nitrogens is 1. The Morgan fingerprint density at radius 2 is 2.04 bits per heavy atom. The van der Waals surface area contributed by atoms with Gasteiger partial charge in [0.05, 0.1) is 18.2 Å². The monoisotopic (exact) mass is 368 g/mol. The summed E-state index contributed by atoms with van der Waals surface area (Å²) in [5.41, 5.74) is 1.05. The van der Waals surface area contributed by atoms with E-state index in [1.54, 1.807) is 19.1 Å². The minimum Gasteiger partial charge on any atom is -0.465 e. The lowest BCUT2D eigenvalue weighted by Crippen LogP contribution is -2.22. The summed E-state index contributed by atoms with van der Waals surface area (Å²) in [4.78, 5) is 20.1. The Balaban J connectivity index is 2.25. The fraction of sp³-hybridized carbons (Fsp3) is 0.235. The fourth-order valence-corrected chi connectivity index (χ4v) is 2.40. The molecule has 4 nitrogen and oxygen atoms in total. The molecule has 2 aromatic rings. The molecule has 0 bridgehead atoms. The summed E-state index contributed by atoms with van der Waals surface area (Å²) in [6, 6.07) is 10.3. The van der Waals surface area contributed by atoms with Crippen LogP contribution in [0.4, 0.5) is 10.1 Å². The number of carbonyl (C=O) groups excluding carboxylic acids is 1. The van der Waals surface area contributed by atoms with E-state index in [9.17, 15) is 9.18 Å². The number of hydrogen-bond donors (Lipinski definition) is 0. The number of nitrogens with zero attached hydrogens (tertiary/aromatic N) is 2. The molecular weight excluding hydrogens is 354 g/mol. The minimum absolute atomic E-state index is 0.0452. The molecule has 0 fully saturated rings. The number of rotatable bonds is 6. The molecule has 1 aromatic carbocycles. The Morgan fingerprint density at radius 3 is 2.71 bits per heavy atom. The maximum atomic E-state index is 13.6. The highest BCUT2D eigenvalue weighted by atomic mass is 35.5. The number of halogens is 3. The third kappa shape index (κ3) is 5.01. The topological polar surface area (TPSA) is 51.5 Å². The minimum atomic E-state index is -0.718. The zero-order chi connectivity index (χ0) is 17.5. The van der Waals surface area contributed by atoms with Gasteiger partial charge in [-0.25, -0.2) is 9.37 Å². The number of hydrogen-bond acceptors (Lipinski definition) is 4. The molecule has 0 amide bonds. The van der Waals surface area contributed by atoms with Gasteiger partial charge in [0.15, 0.2) is 11.0 Å². The molecule has 1 aromatic heterocycles. The van der Waals surface area contributed by atoms with Gasteiger partial charge < -0.3 is 4.74 Å². The van der Waals surface area contributed by atoms with Crippen molar-refractivity contribution in [3.05, 3.63) is 58.1 Å². The second-order valence-corrected chi connectivity index (χ2v) is 5.60. The standard InChI is InChI=1S/C17H15Cl2FN2O2/c1-2-24-17(23)12(10-21-13-6-4-3-5-7-13)8-11-9-14(20)16(19)22-15(11)18/h3-7,9-10,12H,2,8H2,1H3. The third-order valence-electron chi connectivity index (χ3n) is 3.15. The van der Waals surface area contributed by atoms with Crippen LogP contribution in [0.3, 0.4) is 0 Å². The van der Waals surface area contributed by atoms with E-state index in [1.807, 2.05) is 18.2 Å². The molecule has 0 aliphatic carbocycles. The molecule has 0 aliphatic heterocycles. The van der Waals surface area contributed by atoms with E-state index in [1.165, 1.54) is 12.3 Å². The number of esters is 1. The van der Waals surface area contributed by atoms with Gasteiger partial charge in [-0.3, -0.25) is 9.79 Å². The smallest absolute Gasteiger partial charge is 0.314 e. The SMILES string of the molecule is CCOC(=O)C(C=Nc1ccccc1)Cc1cc(F)c(Cl)nc1Cl. The van der Waals surface area contributed by atoms with Gasteiger partial charge in [0.25, 0.3) is 0 Å². The Labute approximate surface area is 149 Å². The van der Waals surface area contributed by atoms with Gasteiger partial charge in [0, 0.05) is 6.21 Å². The van der Waals surface area contributed by atoms with Crippen LogP contribution in [-0.4, -0.2) is 23.8 Å². The summed E-state index contributed by atoms with van der Waals surface area (Å²) >= 11 is 11.6. The van der Waals surface area contributed by atoms with Gasteiger partial charge in [0.1, 0.15) is 5.15 Å². The molecule has 0 radical (unpaired) electrons. The molecule has 2 rings (SSSR count). The molecule has 0 saturated carbocycles. The van der Waals surface area contributed by atoms with Crippen molar-refractivity contribution < 1.29 is 13.9 Å². The zero-order valence-corrected chi connectivity index (χ0v) is 14.4. The van der Waals surface area contributed by atoms with Gasteiger partial charge >= 0.3 is 5.97 Å². The predicted octanol–water partition coefficient (Wildman–Crippen LogP) is 4.65. The van der Waals surface area contributed by atoms with E-state index in [0.29, 0.717) is 11.3 Å². The van der Waals surface area contributed by atoms with E-state index in [2.05, 4.69) is 9.98 Å². The van der Waals surface area contributed by atoms with Crippen LogP contribution in [0, 0.1) is 11.7 Å². The lowest BCUT2D eigenvalue weighted by molar-refractivity contribution is -0.145. The molecular formula is C17H15Cl2FN2O2. The van der Waals surface area contributed by atoms with Crippen molar-refractivity contribution in [2.45, 2.75) is 13.3 Å². The van der Waals surface area contributed by atoms with Crippen molar-refractivity contribution in [3.63, 3.8) is 0 Å². The van der Waals surface area contributed by atoms with Gasteiger partial charge in [-0.05, 0) is 37.1 Å². The first kappa shape index (κ1) is 18.4. The van der Waals surface area contributed by atoms with Gasteiger partial charge in [-0.1, -0.05) is 41.4 Å². The molecule has 7 heteroatoms. The number of ether oxygens (including phenoxy) is 1. The predicted molar refractivity (Wildman–Crippen MR) is 92.6 cm³/mol. The van der Waals surface area contributed by atoms with E-state index >= 15 is 0 Å². The van der Waals surface area contributed by atoms with Crippen molar-refractivity contribution >= 4 is 41.1 Å². The van der Waals surface area contributed by atoms with Crippen LogP contribution in [0.15, 0.2) is 41.4 Å². The van der Waals surface area contributed by atoms with Crippen LogP contribution in [0.2, 0.25) is 10.3 Å². The van der Waals surface area contributed by atoms with Crippen molar-refractivity contribution in [1.29, 1.82) is 0 Å². The molecule has 1 heterocycles. The average Bonchev–Trinajstić information content (AvgIpc) is 2.57. The number of pyridine rings is 1. The lowest BCUT2D eigenvalue weighted by Gasteiger charge is -2.12. The van der Waals surface area contributed by atoms with Gasteiger partial charge in [0.2, 0.25) is 0 Å². The Morgan fingerprint density at radius 1 is 1.33 bits per heavy atom. The Hall–Kier alpha value is -1.98. The first-order chi connectivity index (χ1) is 11.5. The van der Waals surface area contributed by atoms with E-state index in [4.69, 9.17) is 27.9 Å². The van der Waals surface area contributed by atoms with Crippen LogP contribution in [0.1, 0.15) is 12.5 Å². The van der Waals surface area contributed by atoms with Crippen LogP contribution in [0.5, 0.6) is 0 Å². The fourth-order valence-electron chi connectivity index (χ4n) is 2.00. The molecule has 126 valence electrons. The molecule has 24 heavy (non-hydrogen) atoms. The number of carbonyl (C=O) groups is 1. The second-order valence-electron chi connectivity index (χ2n) is 4.89. The van der Waals surface area contributed by atoms with Crippen molar-refractivity contribution in [2.75, 3.05) is 6.61 Å². The molecule has 0 spiro atoms. The number of para-hydroxylation sites is 1. The second kappa shape index (κ2) is 8.76. The van der Waals surface area contributed by atoms with Crippen molar-refractivity contribution in [3.8, 4) is 0 Å². The Bertz CT molecular complexity index is 739. The van der Waals surface area contributed by atoms with Gasteiger partial charge in [-0.15, -0.1) is 0 Å². The molecule has 0 aliphatic rings. The highest BCUT2D eigenvalue weighted by Crippen LogP contribution is 2.23. The molecule has 1 unspecified atom stereocenters. The Kier molecular flexibility index (Phi) is 6.70. The molecule has 0 N–H and O–H groups in total. The molecule has 1 atom stereocenters. The van der Waals surface area contributed by atoms with Crippen LogP contribution in [0.25, 0.3) is 0 Å². The maximum absolute atomic E-state index is 13.6. The largest absolute Gasteiger partial charge is 0.465 e. The van der Waals surface area contributed by atoms with Crippen molar-refractivity contribution in [2.24, 2.45) is 10.9 Å². The summed E-state index contributed by atoms with van der Waals surface area (Å²) in [6.45, 7) is 1.94. The molecule has 0 saturated heterocycles. The zero-order valence-electron chi connectivity index (χ0n) is 12.9. The van der Waals surface area contributed by atoms with E-state index in [0.717, 1.165) is 0 Å². The van der Waals surface area contributed by atoms with E-state index in [-0.39, 0.29) is 23.3 Å². The van der Waals surface area contributed by atoms with Crippen LogP contribution >= 0.6 is 23.2 Å². The third-order valence-corrected chi connectivity index (χ3v) is 3.74. The summed E-state index contributed by atoms with van der Waals surface area (Å²) in [7, 11) is 0. The first-order valence-electron chi connectivity index (χ1n) is 7.27. The average molecular weight is 369 g/mol. The highest BCUT2D eigenvalue weighted by Gasteiger charge is 2.21. The first-order valence-corrected chi connectivity index (χ1v) is 8.03. The quantitative estimate of drug-likeness (QED) is 0.423. The van der Waals surface area contributed by atoms with Crippen LogP contribution in [-0.2, 0) is 16.0 Å². The highest BCUT2D eigenvalue weighted by molar-refractivity contribution is 6.33.